The lowest BCUT2D eigenvalue weighted by atomic mass is 9.86. The summed E-state index contributed by atoms with van der Waals surface area (Å²) in [6.45, 7) is -0.251. The van der Waals surface area contributed by atoms with Crippen LogP contribution in [0.2, 0.25) is 0 Å². The average Bonchev–Trinajstić information content (AvgIpc) is 2.54. The van der Waals surface area contributed by atoms with Crippen molar-refractivity contribution in [1.29, 1.82) is 0 Å². The van der Waals surface area contributed by atoms with Crippen molar-refractivity contribution in [2.75, 3.05) is 13.2 Å². The number of ether oxygens (including phenoxy) is 2. The Kier molecular flexibility index (Phi) is 5.84. The molecule has 0 amide bonds. The standard InChI is InChI=1S/C13H25NO10/c1-5-8(17)6(16)2-7(24-5)23-4-13(22)11(20)9(18)10(19)12(21,3-15)14-13/h5-11,14-22H,2-4H2,1H3/t5-,6-,7-,8-,9+,10+,11-,12-,13+/m1/s1. The zero-order valence-electron chi connectivity index (χ0n) is 13.1. The van der Waals surface area contributed by atoms with E-state index < -0.39 is 67.6 Å². The van der Waals surface area contributed by atoms with E-state index in [1.807, 2.05) is 0 Å². The largest absolute Gasteiger partial charge is 0.392 e. The second-order valence-corrected chi connectivity index (χ2v) is 6.39. The van der Waals surface area contributed by atoms with E-state index in [0.717, 1.165) is 0 Å². The molecule has 11 nitrogen and oxygen atoms in total. The second-order valence-electron chi connectivity index (χ2n) is 6.39. The summed E-state index contributed by atoms with van der Waals surface area (Å²) in [6.07, 6.45) is -9.94. The summed E-state index contributed by atoms with van der Waals surface area (Å²) in [5.41, 5.74) is -4.88. The molecule has 9 atom stereocenters. The zero-order chi connectivity index (χ0) is 18.3. The maximum Gasteiger partial charge on any atom is 0.170 e. The van der Waals surface area contributed by atoms with Gasteiger partial charge in [0.25, 0.3) is 0 Å². The summed E-state index contributed by atoms with van der Waals surface area (Å²) >= 11 is 0. The molecule has 2 saturated heterocycles. The molecule has 2 heterocycles. The molecule has 9 N–H and O–H groups in total. The van der Waals surface area contributed by atoms with Crippen molar-refractivity contribution < 1.29 is 50.3 Å². The number of piperidine rings is 1. The molecule has 2 aliphatic heterocycles. The monoisotopic (exact) mass is 355 g/mol. The summed E-state index contributed by atoms with van der Waals surface area (Å²) in [6, 6.07) is 0. The molecule has 0 aromatic carbocycles. The van der Waals surface area contributed by atoms with Crippen molar-refractivity contribution in [1.82, 2.24) is 5.32 Å². The Labute approximate surface area is 137 Å². The molecule has 0 aliphatic carbocycles. The van der Waals surface area contributed by atoms with Crippen molar-refractivity contribution >= 4 is 0 Å². The van der Waals surface area contributed by atoms with Gasteiger partial charge in [-0.25, -0.2) is 0 Å². The van der Waals surface area contributed by atoms with E-state index in [2.05, 4.69) is 5.32 Å². The van der Waals surface area contributed by atoms with Gasteiger partial charge in [0.2, 0.25) is 0 Å². The number of aliphatic hydroxyl groups excluding tert-OH is 6. The van der Waals surface area contributed by atoms with Crippen LogP contribution in [0.25, 0.3) is 0 Å². The van der Waals surface area contributed by atoms with E-state index in [-0.39, 0.29) is 6.42 Å². The lowest BCUT2D eigenvalue weighted by Gasteiger charge is -2.50. The van der Waals surface area contributed by atoms with Crippen LogP contribution in [-0.4, -0.2) is 108 Å². The number of rotatable bonds is 4. The molecular weight excluding hydrogens is 330 g/mol. The quantitative estimate of drug-likeness (QED) is 0.234. The van der Waals surface area contributed by atoms with Gasteiger partial charge in [0, 0.05) is 6.42 Å². The van der Waals surface area contributed by atoms with Gasteiger partial charge in [-0.1, -0.05) is 0 Å². The molecule has 142 valence electrons. The van der Waals surface area contributed by atoms with Crippen LogP contribution in [0.5, 0.6) is 0 Å². The Bertz CT molecular complexity index is 429. The first-order valence-corrected chi connectivity index (χ1v) is 7.56. The van der Waals surface area contributed by atoms with E-state index in [1.165, 1.54) is 6.92 Å². The van der Waals surface area contributed by atoms with Crippen LogP contribution >= 0.6 is 0 Å². The first-order valence-electron chi connectivity index (χ1n) is 7.56. The highest BCUT2D eigenvalue weighted by Crippen LogP contribution is 2.29. The van der Waals surface area contributed by atoms with Crippen molar-refractivity contribution in [3.05, 3.63) is 0 Å². The highest BCUT2D eigenvalue weighted by Gasteiger charge is 2.58. The Balaban J connectivity index is 2.04. The van der Waals surface area contributed by atoms with Gasteiger partial charge in [0.1, 0.15) is 24.4 Å². The fourth-order valence-corrected chi connectivity index (χ4v) is 2.87. The van der Waals surface area contributed by atoms with E-state index in [0.29, 0.717) is 0 Å². The molecular formula is C13H25NO10. The minimum absolute atomic E-state index is 0.104. The summed E-state index contributed by atoms with van der Waals surface area (Å²) in [5, 5.41) is 80.4. The summed E-state index contributed by atoms with van der Waals surface area (Å²) in [5.74, 6) is 0. The third-order valence-electron chi connectivity index (χ3n) is 4.46. The topological polar surface area (TPSA) is 192 Å². The van der Waals surface area contributed by atoms with Crippen molar-refractivity contribution in [2.24, 2.45) is 0 Å². The third kappa shape index (κ3) is 3.57. The van der Waals surface area contributed by atoms with E-state index >= 15 is 0 Å². The molecule has 0 bridgehead atoms. The van der Waals surface area contributed by atoms with Crippen LogP contribution in [0.3, 0.4) is 0 Å². The number of nitrogens with one attached hydrogen (secondary N) is 1. The normalized spacial score (nSPS) is 53.1. The Morgan fingerprint density at radius 2 is 1.62 bits per heavy atom. The Hall–Kier alpha value is -0.440. The van der Waals surface area contributed by atoms with Gasteiger partial charge < -0.3 is 50.3 Å². The van der Waals surface area contributed by atoms with Gasteiger partial charge >= 0.3 is 0 Å². The predicted octanol–water partition coefficient (Wildman–Crippen LogP) is -5.08. The van der Waals surface area contributed by atoms with Gasteiger partial charge in [-0.15, -0.1) is 0 Å². The molecule has 0 radical (unpaired) electrons. The highest BCUT2D eigenvalue weighted by molar-refractivity contribution is 5.06. The Morgan fingerprint density at radius 3 is 2.17 bits per heavy atom. The minimum Gasteiger partial charge on any atom is -0.392 e. The average molecular weight is 355 g/mol. The SMILES string of the molecule is C[C@H]1O[C@@H](OC[C@@]2(O)N[C@@](O)(CO)[C@@H](O)[C@H](O)[C@H]2O)C[C@@H](O)[C@@H]1O. The second kappa shape index (κ2) is 7.05. The van der Waals surface area contributed by atoms with Gasteiger partial charge in [-0.3, -0.25) is 5.32 Å². The van der Waals surface area contributed by atoms with E-state index in [4.69, 9.17) is 14.6 Å². The Morgan fingerprint density at radius 1 is 1.04 bits per heavy atom. The fraction of sp³-hybridized carbons (Fsp3) is 1.00. The fourth-order valence-electron chi connectivity index (χ4n) is 2.87. The van der Waals surface area contributed by atoms with Crippen LogP contribution in [0.4, 0.5) is 0 Å². The smallest absolute Gasteiger partial charge is 0.170 e. The van der Waals surface area contributed by atoms with Crippen LogP contribution in [0.1, 0.15) is 13.3 Å². The maximum absolute atomic E-state index is 10.4. The van der Waals surface area contributed by atoms with Gasteiger partial charge in [-0.05, 0) is 6.92 Å². The van der Waals surface area contributed by atoms with Gasteiger partial charge in [0.05, 0.1) is 25.4 Å². The summed E-state index contributed by atoms with van der Waals surface area (Å²) in [7, 11) is 0. The lowest BCUT2D eigenvalue weighted by molar-refractivity contribution is -0.312. The molecule has 24 heavy (non-hydrogen) atoms. The van der Waals surface area contributed by atoms with Crippen LogP contribution in [0, 0.1) is 0 Å². The molecule has 0 unspecified atom stereocenters. The molecule has 2 rings (SSSR count). The van der Waals surface area contributed by atoms with Crippen LogP contribution < -0.4 is 5.32 Å². The molecule has 0 spiro atoms. The molecule has 0 aromatic rings. The predicted molar refractivity (Wildman–Crippen MR) is 75.1 cm³/mol. The summed E-state index contributed by atoms with van der Waals surface area (Å²) < 4.78 is 10.5. The number of aliphatic hydroxyl groups is 8. The molecule has 2 fully saturated rings. The van der Waals surface area contributed by atoms with E-state index in [1.54, 1.807) is 0 Å². The first-order chi connectivity index (χ1) is 11.0. The van der Waals surface area contributed by atoms with Crippen molar-refractivity contribution in [3.8, 4) is 0 Å². The van der Waals surface area contributed by atoms with Crippen molar-refractivity contribution in [2.45, 2.75) is 67.7 Å². The van der Waals surface area contributed by atoms with Gasteiger partial charge in [-0.2, -0.15) is 0 Å². The number of hydrogen-bond acceptors (Lipinski definition) is 11. The molecule has 2 aliphatic rings. The van der Waals surface area contributed by atoms with Crippen molar-refractivity contribution in [3.63, 3.8) is 0 Å². The first kappa shape index (κ1) is 19.9. The lowest BCUT2D eigenvalue weighted by Crippen LogP contribution is -2.80. The minimum atomic E-state index is -2.47. The number of hydrogen-bond donors (Lipinski definition) is 9. The molecule has 0 saturated carbocycles. The zero-order valence-corrected chi connectivity index (χ0v) is 13.1. The van der Waals surface area contributed by atoms with E-state index in [9.17, 15) is 35.7 Å². The summed E-state index contributed by atoms with van der Waals surface area (Å²) in [4.78, 5) is 0. The molecule has 0 aromatic heterocycles. The van der Waals surface area contributed by atoms with Gasteiger partial charge in [0.15, 0.2) is 17.7 Å². The highest BCUT2D eigenvalue weighted by atomic mass is 16.7. The van der Waals surface area contributed by atoms with Crippen LogP contribution in [0.15, 0.2) is 0 Å². The van der Waals surface area contributed by atoms with Crippen LogP contribution in [-0.2, 0) is 9.47 Å². The molecule has 11 heteroatoms. The maximum atomic E-state index is 10.4. The third-order valence-corrected chi connectivity index (χ3v) is 4.46.